The van der Waals surface area contributed by atoms with Crippen molar-refractivity contribution in [2.24, 2.45) is 5.92 Å². The summed E-state index contributed by atoms with van der Waals surface area (Å²) < 4.78 is 5.49. The quantitative estimate of drug-likeness (QED) is 0.905. The van der Waals surface area contributed by atoms with E-state index in [1.165, 1.54) is 19.3 Å². The van der Waals surface area contributed by atoms with Gasteiger partial charge in [0.1, 0.15) is 6.04 Å². The Morgan fingerprint density at radius 1 is 1.40 bits per heavy atom. The molecule has 108 valence electrons. The van der Waals surface area contributed by atoms with Gasteiger partial charge in [-0.15, -0.1) is 0 Å². The average molecular weight is 275 g/mol. The first-order valence-electron chi connectivity index (χ1n) is 7.35. The van der Waals surface area contributed by atoms with Crippen molar-refractivity contribution in [3.63, 3.8) is 0 Å². The van der Waals surface area contributed by atoms with E-state index in [2.05, 4.69) is 15.2 Å². The van der Waals surface area contributed by atoms with E-state index in [4.69, 9.17) is 4.74 Å². The molecule has 0 spiro atoms. The zero-order valence-electron chi connectivity index (χ0n) is 11.6. The fraction of sp³-hybridized carbons (Fsp3) is 0.600. The van der Waals surface area contributed by atoms with Crippen LogP contribution in [0.15, 0.2) is 24.5 Å². The number of hydrogen-bond acceptors (Lipinski definition) is 4. The Balaban J connectivity index is 1.61. The molecule has 1 saturated heterocycles. The third kappa shape index (κ3) is 3.16. The fourth-order valence-corrected chi connectivity index (χ4v) is 2.77. The van der Waals surface area contributed by atoms with Crippen LogP contribution < -0.4 is 5.32 Å². The van der Waals surface area contributed by atoms with Gasteiger partial charge >= 0.3 is 0 Å². The van der Waals surface area contributed by atoms with Crippen LogP contribution in [-0.4, -0.2) is 48.1 Å². The van der Waals surface area contributed by atoms with Crippen LogP contribution in [0.3, 0.4) is 0 Å². The predicted octanol–water partition coefficient (Wildman–Crippen LogP) is 1.52. The lowest BCUT2D eigenvalue weighted by molar-refractivity contribution is -0.128. The molecule has 2 heterocycles. The Bertz CT molecular complexity index is 448. The molecule has 1 aliphatic heterocycles. The molecule has 5 heteroatoms. The van der Waals surface area contributed by atoms with Crippen molar-refractivity contribution in [2.45, 2.75) is 25.3 Å². The van der Waals surface area contributed by atoms with Crippen LogP contribution in [0.25, 0.3) is 0 Å². The Kier molecular flexibility index (Phi) is 4.28. The second-order valence-electron chi connectivity index (χ2n) is 5.61. The first-order valence-corrected chi connectivity index (χ1v) is 7.35. The number of nitrogens with one attached hydrogen (secondary N) is 1. The topological polar surface area (TPSA) is 54.5 Å². The van der Waals surface area contributed by atoms with Crippen LogP contribution in [0.5, 0.6) is 0 Å². The maximum Gasteiger partial charge on any atom is 0.244 e. The van der Waals surface area contributed by atoms with Crippen LogP contribution in [0.2, 0.25) is 0 Å². The molecule has 0 bridgehead atoms. The monoisotopic (exact) mass is 275 g/mol. The maximum atomic E-state index is 12.4. The molecule has 5 nitrogen and oxygen atoms in total. The smallest absolute Gasteiger partial charge is 0.244 e. The summed E-state index contributed by atoms with van der Waals surface area (Å²) in [4.78, 5) is 18.6. The summed E-state index contributed by atoms with van der Waals surface area (Å²) in [6.45, 7) is 3.10. The van der Waals surface area contributed by atoms with Gasteiger partial charge in [0.05, 0.1) is 13.2 Å². The summed E-state index contributed by atoms with van der Waals surface area (Å²) in [6.07, 6.45) is 7.30. The first kappa shape index (κ1) is 13.5. The van der Waals surface area contributed by atoms with Gasteiger partial charge in [-0.25, -0.2) is 0 Å². The molecule has 1 aromatic heterocycles. The van der Waals surface area contributed by atoms with Gasteiger partial charge in [-0.2, -0.15) is 0 Å². The molecule has 0 radical (unpaired) electrons. The molecule has 0 aromatic carbocycles. The number of aromatic nitrogens is 1. The predicted molar refractivity (Wildman–Crippen MR) is 76.4 cm³/mol. The van der Waals surface area contributed by atoms with Gasteiger partial charge in [-0.3, -0.25) is 14.7 Å². The Labute approximate surface area is 119 Å². The van der Waals surface area contributed by atoms with E-state index >= 15 is 0 Å². The number of nitrogens with zero attached hydrogens (tertiary/aromatic N) is 2. The minimum Gasteiger partial charge on any atom is -0.378 e. The van der Waals surface area contributed by atoms with E-state index in [9.17, 15) is 4.79 Å². The SMILES string of the molecule is O=C(Nc1ccncc1)C1COCCN1CC1CCC1. The Morgan fingerprint density at radius 3 is 2.90 bits per heavy atom. The summed E-state index contributed by atoms with van der Waals surface area (Å²) in [5.74, 6) is 0.791. The minimum atomic E-state index is -0.169. The fourth-order valence-electron chi connectivity index (χ4n) is 2.77. The van der Waals surface area contributed by atoms with Gasteiger partial charge in [-0.05, 0) is 30.9 Å². The Morgan fingerprint density at radius 2 is 2.20 bits per heavy atom. The highest BCUT2D eigenvalue weighted by atomic mass is 16.5. The third-order valence-corrected chi connectivity index (χ3v) is 4.21. The van der Waals surface area contributed by atoms with E-state index in [0.717, 1.165) is 31.3 Å². The van der Waals surface area contributed by atoms with Crippen LogP contribution in [0.4, 0.5) is 5.69 Å². The molecule has 2 aliphatic rings. The lowest BCUT2D eigenvalue weighted by atomic mass is 9.84. The lowest BCUT2D eigenvalue weighted by Gasteiger charge is -2.39. The first-order chi connectivity index (χ1) is 9.83. The summed E-state index contributed by atoms with van der Waals surface area (Å²) in [6, 6.07) is 3.44. The molecular formula is C15H21N3O2. The summed E-state index contributed by atoms with van der Waals surface area (Å²) in [5, 5.41) is 2.95. The third-order valence-electron chi connectivity index (χ3n) is 4.21. The van der Waals surface area contributed by atoms with E-state index in [-0.39, 0.29) is 11.9 Å². The van der Waals surface area contributed by atoms with E-state index in [1.54, 1.807) is 24.5 Å². The number of anilines is 1. The van der Waals surface area contributed by atoms with Gasteiger partial charge in [0.2, 0.25) is 5.91 Å². The van der Waals surface area contributed by atoms with Crippen LogP contribution in [0.1, 0.15) is 19.3 Å². The number of rotatable bonds is 4. The number of carbonyl (C=O) groups is 1. The zero-order chi connectivity index (χ0) is 13.8. The van der Waals surface area contributed by atoms with Crippen LogP contribution >= 0.6 is 0 Å². The van der Waals surface area contributed by atoms with Gasteiger partial charge in [-0.1, -0.05) is 6.42 Å². The van der Waals surface area contributed by atoms with Crippen LogP contribution in [-0.2, 0) is 9.53 Å². The highest BCUT2D eigenvalue weighted by Crippen LogP contribution is 2.28. The number of carbonyl (C=O) groups excluding carboxylic acids is 1. The lowest BCUT2D eigenvalue weighted by Crippen LogP contribution is -2.53. The molecule has 1 N–H and O–H groups in total. The highest BCUT2D eigenvalue weighted by molar-refractivity contribution is 5.94. The highest BCUT2D eigenvalue weighted by Gasteiger charge is 2.32. The number of morpholine rings is 1. The number of hydrogen-bond donors (Lipinski definition) is 1. The van der Waals surface area contributed by atoms with Crippen molar-refractivity contribution in [3.05, 3.63) is 24.5 Å². The minimum absolute atomic E-state index is 0.0234. The van der Waals surface area contributed by atoms with Crippen molar-refractivity contribution >= 4 is 11.6 Å². The van der Waals surface area contributed by atoms with E-state index in [1.807, 2.05) is 0 Å². The molecule has 1 saturated carbocycles. The molecule has 1 aromatic rings. The maximum absolute atomic E-state index is 12.4. The van der Waals surface area contributed by atoms with Gasteiger partial charge in [0, 0.05) is 31.2 Å². The second kappa shape index (κ2) is 6.33. The van der Waals surface area contributed by atoms with Crippen molar-refractivity contribution in [1.29, 1.82) is 0 Å². The standard InChI is InChI=1S/C15H21N3O2/c19-15(17-13-4-6-16-7-5-13)14-11-20-9-8-18(14)10-12-2-1-3-12/h4-7,12,14H,1-3,8-11H2,(H,16,17,19). The summed E-state index contributed by atoms with van der Waals surface area (Å²) in [5.41, 5.74) is 0.791. The van der Waals surface area contributed by atoms with Crippen molar-refractivity contribution in [3.8, 4) is 0 Å². The molecule has 1 amide bonds. The molecule has 1 unspecified atom stereocenters. The van der Waals surface area contributed by atoms with Crippen LogP contribution in [0, 0.1) is 5.92 Å². The number of pyridine rings is 1. The molecule has 1 aliphatic carbocycles. The molecule has 3 rings (SSSR count). The van der Waals surface area contributed by atoms with E-state index < -0.39 is 0 Å². The number of ether oxygens (including phenoxy) is 1. The van der Waals surface area contributed by atoms with Gasteiger partial charge in [0.15, 0.2) is 0 Å². The molecule has 2 fully saturated rings. The molecular weight excluding hydrogens is 254 g/mol. The van der Waals surface area contributed by atoms with Crippen molar-refractivity contribution in [2.75, 3.05) is 31.6 Å². The Hall–Kier alpha value is -1.46. The zero-order valence-corrected chi connectivity index (χ0v) is 11.6. The van der Waals surface area contributed by atoms with Crippen molar-refractivity contribution in [1.82, 2.24) is 9.88 Å². The molecule has 1 atom stereocenters. The second-order valence-corrected chi connectivity index (χ2v) is 5.61. The van der Waals surface area contributed by atoms with E-state index in [0.29, 0.717) is 6.61 Å². The number of amides is 1. The largest absolute Gasteiger partial charge is 0.378 e. The molecule has 20 heavy (non-hydrogen) atoms. The van der Waals surface area contributed by atoms with Gasteiger partial charge in [0.25, 0.3) is 0 Å². The normalized spacial score (nSPS) is 24.1. The average Bonchev–Trinajstić information content (AvgIpc) is 2.44. The van der Waals surface area contributed by atoms with Crippen molar-refractivity contribution < 1.29 is 9.53 Å². The summed E-state index contributed by atoms with van der Waals surface area (Å²) in [7, 11) is 0. The summed E-state index contributed by atoms with van der Waals surface area (Å²) >= 11 is 0. The van der Waals surface area contributed by atoms with Gasteiger partial charge < -0.3 is 10.1 Å².